The van der Waals surface area contributed by atoms with Crippen molar-refractivity contribution >= 4 is 49.8 Å². The molecule has 0 rings (SSSR count). The fraction of sp³-hybridized carbons (Fsp3) is 1.00. The second-order valence-corrected chi connectivity index (χ2v) is 7.02. The van der Waals surface area contributed by atoms with Crippen LogP contribution in [0.5, 0.6) is 0 Å². The minimum Gasteiger partial charge on any atom is -0.379 e. The summed E-state index contributed by atoms with van der Waals surface area (Å²) in [4.78, 5) is 0. The van der Waals surface area contributed by atoms with Crippen molar-refractivity contribution in [3.8, 4) is 0 Å². The Balaban J connectivity index is 0. The number of hydrogen-bond acceptors (Lipinski definition) is 5. The third kappa shape index (κ3) is 8.05. The number of hydrogen-bond donors (Lipinski definition) is 2. The van der Waals surface area contributed by atoms with Crippen molar-refractivity contribution in [3.05, 3.63) is 0 Å². The van der Waals surface area contributed by atoms with Crippen LogP contribution in [0.15, 0.2) is 0 Å². The Labute approximate surface area is 130 Å². The van der Waals surface area contributed by atoms with Gasteiger partial charge in [0, 0.05) is 29.6 Å². The van der Waals surface area contributed by atoms with Gasteiger partial charge in [0.25, 0.3) is 20.2 Å². The molecule has 0 aromatic rings. The van der Waals surface area contributed by atoms with Gasteiger partial charge in [-0.3, -0.25) is 9.11 Å². The van der Waals surface area contributed by atoms with Crippen LogP contribution in [0.25, 0.3) is 0 Å². The van der Waals surface area contributed by atoms with E-state index in [1.807, 2.05) is 0 Å². The van der Waals surface area contributed by atoms with Crippen molar-refractivity contribution < 1.29 is 30.7 Å². The van der Waals surface area contributed by atoms with Gasteiger partial charge >= 0.3 is 0 Å². The van der Waals surface area contributed by atoms with Gasteiger partial charge < -0.3 is 4.74 Å². The summed E-state index contributed by atoms with van der Waals surface area (Å²) in [5.74, 6) is 0. The third-order valence-corrected chi connectivity index (χ3v) is 4.98. The predicted molar refractivity (Wildman–Crippen MR) is 67.8 cm³/mol. The summed E-state index contributed by atoms with van der Waals surface area (Å²) in [5.41, 5.74) is 0. The van der Waals surface area contributed by atoms with Crippen LogP contribution in [0.4, 0.5) is 0 Å². The van der Waals surface area contributed by atoms with Crippen LogP contribution >= 0.6 is 0 Å². The smallest absolute Gasteiger partial charge is 0.270 e. The molecule has 0 spiro atoms. The molecule has 0 aliphatic rings. The minimum absolute atomic E-state index is 0. The first-order valence-electron chi connectivity index (χ1n) is 5.13. The van der Waals surface area contributed by atoms with E-state index in [-0.39, 0.29) is 55.6 Å². The Hall–Kier alpha value is 0.780. The zero-order valence-corrected chi connectivity index (χ0v) is 14.4. The normalized spacial score (nSPS) is 15.8. The zero-order chi connectivity index (χ0) is 13.7. The molecule has 1 radical (unpaired) electrons. The summed E-state index contributed by atoms with van der Waals surface area (Å²) in [7, 11) is -8.38. The minimum atomic E-state index is -4.19. The largest absolute Gasteiger partial charge is 0.379 e. The SMILES string of the molecule is CCC(COCC(CC)S(=O)(=O)O)S(=O)(=O)O.[Na]. The van der Waals surface area contributed by atoms with Crippen molar-refractivity contribution in [2.75, 3.05) is 13.2 Å². The van der Waals surface area contributed by atoms with E-state index in [0.29, 0.717) is 0 Å². The summed E-state index contributed by atoms with van der Waals surface area (Å²) in [6.45, 7) is 2.51. The summed E-state index contributed by atoms with van der Waals surface area (Å²) in [6, 6.07) is 0. The first-order valence-corrected chi connectivity index (χ1v) is 8.13. The van der Waals surface area contributed by atoms with Gasteiger partial charge in [-0.1, -0.05) is 13.8 Å². The molecule has 0 aromatic carbocycles. The van der Waals surface area contributed by atoms with E-state index in [1.165, 1.54) is 0 Å². The van der Waals surface area contributed by atoms with Gasteiger partial charge in [-0.15, -0.1) is 0 Å². The van der Waals surface area contributed by atoms with E-state index in [1.54, 1.807) is 13.8 Å². The molecule has 0 fully saturated rings. The van der Waals surface area contributed by atoms with Gasteiger partial charge in [0.1, 0.15) is 10.5 Å². The van der Waals surface area contributed by atoms with Gasteiger partial charge in [-0.2, -0.15) is 16.8 Å². The summed E-state index contributed by atoms with van der Waals surface area (Å²) in [5, 5.41) is -2.16. The van der Waals surface area contributed by atoms with Crippen LogP contribution in [-0.2, 0) is 25.0 Å². The zero-order valence-electron chi connectivity index (χ0n) is 10.7. The van der Waals surface area contributed by atoms with E-state index in [2.05, 4.69) is 0 Å². The molecule has 2 atom stereocenters. The van der Waals surface area contributed by atoms with Gasteiger partial charge in [-0.25, -0.2) is 0 Å². The molecule has 2 unspecified atom stereocenters. The molecule has 0 saturated carbocycles. The molecule has 0 aliphatic carbocycles. The van der Waals surface area contributed by atoms with Crippen LogP contribution in [0.1, 0.15) is 26.7 Å². The summed E-state index contributed by atoms with van der Waals surface area (Å²) < 4.78 is 65.7. The van der Waals surface area contributed by atoms with Crippen LogP contribution in [0.3, 0.4) is 0 Å². The molecule has 0 aromatic heterocycles. The molecule has 0 saturated heterocycles. The predicted octanol–water partition coefficient (Wildman–Crippen LogP) is -0.0450. The van der Waals surface area contributed by atoms with Gasteiger partial charge in [0.05, 0.1) is 13.2 Å². The topological polar surface area (TPSA) is 118 Å². The molecule has 18 heavy (non-hydrogen) atoms. The van der Waals surface area contributed by atoms with Crippen molar-refractivity contribution in [1.29, 1.82) is 0 Å². The van der Waals surface area contributed by atoms with Gasteiger partial charge in [0.2, 0.25) is 0 Å². The quantitative estimate of drug-likeness (QED) is 0.476. The van der Waals surface area contributed by atoms with Crippen LogP contribution in [0.2, 0.25) is 0 Å². The molecule has 0 bridgehead atoms. The van der Waals surface area contributed by atoms with Crippen LogP contribution in [-0.4, -0.2) is 79.2 Å². The maximum atomic E-state index is 10.8. The standard InChI is InChI=1S/C8H18O7S2.Na/c1-3-7(16(9,10)11)5-15-6-8(4-2)17(12,13)14;/h7-8H,3-6H2,1-2H3,(H,9,10,11)(H,12,13,14);. The molecule has 0 amide bonds. The van der Waals surface area contributed by atoms with Crippen LogP contribution < -0.4 is 0 Å². The van der Waals surface area contributed by atoms with Crippen molar-refractivity contribution in [1.82, 2.24) is 0 Å². The Morgan fingerprint density at radius 2 is 1.17 bits per heavy atom. The van der Waals surface area contributed by atoms with Crippen molar-refractivity contribution in [2.45, 2.75) is 37.2 Å². The van der Waals surface area contributed by atoms with E-state index in [0.717, 1.165) is 0 Å². The fourth-order valence-electron chi connectivity index (χ4n) is 1.16. The number of rotatable bonds is 8. The average molecular weight is 313 g/mol. The second kappa shape index (κ2) is 8.85. The fourth-order valence-corrected chi connectivity index (χ4v) is 2.54. The maximum Gasteiger partial charge on any atom is 0.270 e. The Morgan fingerprint density at radius 3 is 1.33 bits per heavy atom. The first kappa shape index (κ1) is 21.1. The summed E-state index contributed by atoms with van der Waals surface area (Å²) >= 11 is 0. The van der Waals surface area contributed by atoms with E-state index in [9.17, 15) is 16.8 Å². The molecule has 0 aliphatic heterocycles. The van der Waals surface area contributed by atoms with Crippen molar-refractivity contribution in [3.63, 3.8) is 0 Å². The summed E-state index contributed by atoms with van der Waals surface area (Å²) in [6.07, 6.45) is 0.309. The Kier molecular flexibility index (Phi) is 10.4. The third-order valence-electron chi connectivity index (χ3n) is 2.36. The average Bonchev–Trinajstić information content (AvgIpc) is 2.13. The monoisotopic (exact) mass is 313 g/mol. The Morgan fingerprint density at radius 1 is 0.889 bits per heavy atom. The van der Waals surface area contributed by atoms with E-state index >= 15 is 0 Å². The maximum absolute atomic E-state index is 10.8. The number of ether oxygens (including phenoxy) is 1. The molecule has 0 heterocycles. The Bertz CT molecular complexity index is 377. The molecule has 105 valence electrons. The molecule has 2 N–H and O–H groups in total. The van der Waals surface area contributed by atoms with Crippen LogP contribution in [0, 0.1) is 0 Å². The molecular weight excluding hydrogens is 295 g/mol. The van der Waals surface area contributed by atoms with Crippen molar-refractivity contribution in [2.24, 2.45) is 0 Å². The van der Waals surface area contributed by atoms with Gasteiger partial charge in [-0.05, 0) is 12.8 Å². The molecule has 7 nitrogen and oxygen atoms in total. The molecule has 10 heteroatoms. The first-order chi connectivity index (χ1) is 7.62. The molecular formula is C8H18NaO7S2. The van der Waals surface area contributed by atoms with E-state index in [4.69, 9.17) is 13.8 Å². The van der Waals surface area contributed by atoms with E-state index < -0.39 is 30.7 Å². The van der Waals surface area contributed by atoms with Gasteiger partial charge in [0.15, 0.2) is 0 Å². The second-order valence-electron chi connectivity index (χ2n) is 3.63.